The van der Waals surface area contributed by atoms with Crippen LogP contribution >= 0.6 is 0 Å². The minimum Gasteiger partial charge on any atom is -0.442 e. The van der Waals surface area contributed by atoms with Gasteiger partial charge in [0.2, 0.25) is 0 Å². The number of amides is 1. The number of benzene rings is 1. The summed E-state index contributed by atoms with van der Waals surface area (Å²) in [7, 11) is -1.88. The molecule has 0 unspecified atom stereocenters. The maximum atomic E-state index is 13.2. The van der Waals surface area contributed by atoms with Crippen LogP contribution in [-0.2, 0) is 9.96 Å². The molecule has 3 nitrogen and oxygen atoms in total. The molecule has 0 spiro atoms. The van der Waals surface area contributed by atoms with E-state index in [9.17, 15) is 4.79 Å². The quantitative estimate of drug-likeness (QED) is 0.358. The summed E-state index contributed by atoms with van der Waals surface area (Å²) in [4.78, 5) is 15.1. The van der Waals surface area contributed by atoms with E-state index in [-0.39, 0.29) is 18.2 Å². The summed E-state index contributed by atoms with van der Waals surface area (Å²) in [5, 5.41) is -0.497. The molecule has 0 aliphatic rings. The van der Waals surface area contributed by atoms with E-state index in [0.29, 0.717) is 0 Å². The van der Waals surface area contributed by atoms with Crippen LogP contribution in [0.2, 0.25) is 19.6 Å². The molecule has 1 amide bonds. The Hall–Kier alpha value is -1.29. The Balaban J connectivity index is 3.35. The third kappa shape index (κ3) is 5.35. The van der Waals surface area contributed by atoms with E-state index in [1.165, 1.54) is 0 Å². The molecule has 26 heavy (non-hydrogen) atoms. The van der Waals surface area contributed by atoms with Gasteiger partial charge in [0, 0.05) is 12.1 Å². The Morgan fingerprint density at radius 1 is 1.04 bits per heavy atom. The lowest BCUT2D eigenvalue weighted by Gasteiger charge is -2.45. The lowest BCUT2D eigenvalue weighted by Crippen LogP contribution is -2.55. The van der Waals surface area contributed by atoms with Crippen LogP contribution in [0.3, 0.4) is 0 Å². The first-order chi connectivity index (χ1) is 12.1. The summed E-state index contributed by atoms with van der Waals surface area (Å²) in [6, 6.07) is 10.6. The Morgan fingerprint density at radius 2 is 1.58 bits per heavy atom. The van der Waals surface area contributed by atoms with Crippen LogP contribution in [0.25, 0.3) is 0 Å². The largest absolute Gasteiger partial charge is 0.442 e. The summed E-state index contributed by atoms with van der Waals surface area (Å²) in [6.45, 7) is 17.4. The zero-order chi connectivity index (χ0) is 20.0. The van der Waals surface area contributed by atoms with Crippen LogP contribution in [0.1, 0.15) is 65.9 Å². The van der Waals surface area contributed by atoms with E-state index < -0.39 is 13.3 Å². The summed E-state index contributed by atoms with van der Waals surface area (Å²) in [5.41, 5.74) is 1.15. The smallest absolute Gasteiger partial charge is 0.410 e. The van der Waals surface area contributed by atoms with Gasteiger partial charge >= 0.3 is 6.09 Å². The zero-order valence-corrected chi connectivity index (χ0v) is 19.1. The number of nitrogens with zero attached hydrogens (tertiary/aromatic N) is 1. The second kappa shape index (κ2) is 9.59. The molecule has 0 aliphatic carbocycles. The molecule has 4 heteroatoms. The fourth-order valence-corrected chi connectivity index (χ4v) is 6.12. The van der Waals surface area contributed by atoms with Crippen molar-refractivity contribution in [2.75, 3.05) is 0 Å². The molecule has 1 atom stereocenters. The summed E-state index contributed by atoms with van der Waals surface area (Å²) in [6.07, 6.45) is 4.11. The van der Waals surface area contributed by atoms with E-state index in [2.05, 4.69) is 78.5 Å². The van der Waals surface area contributed by atoms with Gasteiger partial charge in [-0.15, -0.1) is 0 Å². The van der Waals surface area contributed by atoms with Gasteiger partial charge in [-0.1, -0.05) is 69.7 Å². The standard InChI is InChI=1S/C22H39NO2Si/c1-9-10-14-17-22(26(6,7)8,20-15-12-11-13-16-20)25-21(24)23(18(2)3)19(4)5/h11-13,15-16,18-19H,9-10,14,17H2,1-8H3/t22-/m0/s1. The van der Waals surface area contributed by atoms with Crippen molar-refractivity contribution in [2.24, 2.45) is 0 Å². The molecular weight excluding hydrogens is 338 g/mol. The van der Waals surface area contributed by atoms with E-state index in [4.69, 9.17) is 4.74 Å². The van der Waals surface area contributed by atoms with E-state index in [1.54, 1.807) is 0 Å². The molecule has 0 saturated carbocycles. The Morgan fingerprint density at radius 3 is 2.00 bits per heavy atom. The predicted octanol–water partition coefficient (Wildman–Crippen LogP) is 6.60. The Bertz CT molecular complexity index is 543. The predicted molar refractivity (Wildman–Crippen MR) is 114 cm³/mol. The molecule has 1 aromatic rings. The van der Waals surface area contributed by atoms with Crippen LogP contribution < -0.4 is 0 Å². The van der Waals surface area contributed by atoms with Gasteiger partial charge in [0.05, 0.1) is 0 Å². The van der Waals surface area contributed by atoms with Crippen LogP contribution in [0, 0.1) is 0 Å². The van der Waals surface area contributed by atoms with Crippen molar-refractivity contribution in [1.29, 1.82) is 0 Å². The Kier molecular flexibility index (Phi) is 8.39. The SMILES string of the molecule is CCCCC[C@@](OC(=O)N(C(C)C)C(C)C)(c1ccccc1)[Si](C)(C)C. The third-order valence-corrected chi connectivity index (χ3v) is 8.23. The first-order valence-electron chi connectivity index (χ1n) is 10.1. The first-order valence-corrected chi connectivity index (χ1v) is 13.6. The second-order valence-corrected chi connectivity index (χ2v) is 14.2. The molecule has 1 rings (SSSR count). The van der Waals surface area contributed by atoms with Crippen molar-refractivity contribution >= 4 is 14.2 Å². The van der Waals surface area contributed by atoms with E-state index in [0.717, 1.165) is 31.2 Å². The maximum absolute atomic E-state index is 13.2. The summed E-state index contributed by atoms with van der Waals surface area (Å²) in [5.74, 6) is 0. The fourth-order valence-electron chi connectivity index (χ4n) is 3.77. The number of rotatable bonds is 9. The number of carbonyl (C=O) groups excluding carboxylic acids is 1. The van der Waals surface area contributed by atoms with Crippen LogP contribution in [0.4, 0.5) is 4.79 Å². The number of ether oxygens (including phenoxy) is 1. The summed E-state index contributed by atoms with van der Waals surface area (Å²) >= 11 is 0. The average Bonchev–Trinajstić information content (AvgIpc) is 2.53. The lowest BCUT2D eigenvalue weighted by molar-refractivity contribution is 0.0124. The van der Waals surface area contributed by atoms with Gasteiger partial charge in [-0.2, -0.15) is 0 Å². The van der Waals surface area contributed by atoms with E-state index in [1.807, 2.05) is 11.0 Å². The second-order valence-electron chi connectivity index (χ2n) is 8.86. The molecule has 0 saturated heterocycles. The van der Waals surface area contributed by atoms with Crippen LogP contribution in [-0.4, -0.2) is 31.2 Å². The summed E-state index contributed by atoms with van der Waals surface area (Å²) < 4.78 is 6.47. The number of carbonyl (C=O) groups is 1. The van der Waals surface area contributed by atoms with Crippen molar-refractivity contribution in [2.45, 2.75) is 97.3 Å². The number of hydrogen-bond donors (Lipinski definition) is 0. The van der Waals surface area contributed by atoms with Crippen LogP contribution in [0.5, 0.6) is 0 Å². The van der Waals surface area contributed by atoms with Gasteiger partial charge in [-0.05, 0) is 46.1 Å². The van der Waals surface area contributed by atoms with Crippen molar-refractivity contribution in [3.05, 3.63) is 35.9 Å². The maximum Gasteiger partial charge on any atom is 0.410 e. The highest BCUT2D eigenvalue weighted by Crippen LogP contribution is 2.41. The van der Waals surface area contributed by atoms with E-state index >= 15 is 0 Å². The minimum atomic E-state index is -1.88. The highest BCUT2D eigenvalue weighted by molar-refractivity contribution is 6.78. The molecule has 0 heterocycles. The van der Waals surface area contributed by atoms with Crippen LogP contribution in [0.15, 0.2) is 30.3 Å². The molecule has 1 aromatic carbocycles. The zero-order valence-electron chi connectivity index (χ0n) is 18.1. The van der Waals surface area contributed by atoms with Crippen molar-refractivity contribution in [3.8, 4) is 0 Å². The molecule has 0 aliphatic heterocycles. The Labute approximate surface area is 162 Å². The molecule has 0 N–H and O–H groups in total. The molecular formula is C22H39NO2Si. The van der Waals surface area contributed by atoms with Crippen molar-refractivity contribution in [1.82, 2.24) is 4.90 Å². The monoisotopic (exact) mass is 377 g/mol. The van der Waals surface area contributed by atoms with Gasteiger partial charge < -0.3 is 9.64 Å². The van der Waals surface area contributed by atoms with Crippen molar-refractivity contribution in [3.63, 3.8) is 0 Å². The first kappa shape index (κ1) is 22.7. The highest BCUT2D eigenvalue weighted by atomic mass is 28.3. The number of unbranched alkanes of at least 4 members (excludes halogenated alkanes) is 2. The number of hydrogen-bond acceptors (Lipinski definition) is 2. The lowest BCUT2D eigenvalue weighted by atomic mass is 10.0. The fraction of sp³-hybridized carbons (Fsp3) is 0.682. The topological polar surface area (TPSA) is 29.5 Å². The minimum absolute atomic E-state index is 0.119. The molecule has 148 valence electrons. The van der Waals surface area contributed by atoms with Gasteiger partial charge in [-0.3, -0.25) is 0 Å². The third-order valence-electron chi connectivity index (χ3n) is 5.17. The highest BCUT2D eigenvalue weighted by Gasteiger charge is 2.48. The molecule has 0 bridgehead atoms. The van der Waals surface area contributed by atoms with Gasteiger partial charge in [0.15, 0.2) is 0 Å². The molecule has 0 radical (unpaired) electrons. The molecule has 0 fully saturated rings. The normalized spacial score (nSPS) is 14.4. The molecule has 0 aromatic heterocycles. The van der Waals surface area contributed by atoms with Gasteiger partial charge in [0.1, 0.15) is 13.3 Å². The van der Waals surface area contributed by atoms with Crippen molar-refractivity contribution < 1.29 is 9.53 Å². The van der Waals surface area contributed by atoms with Gasteiger partial charge in [0.25, 0.3) is 0 Å². The van der Waals surface area contributed by atoms with Gasteiger partial charge in [-0.25, -0.2) is 4.79 Å². The average molecular weight is 378 g/mol.